The van der Waals surface area contributed by atoms with E-state index in [0.29, 0.717) is 11.5 Å². The van der Waals surface area contributed by atoms with Gasteiger partial charge in [-0.25, -0.2) is 0 Å². The van der Waals surface area contributed by atoms with Crippen molar-refractivity contribution in [3.05, 3.63) is 34.3 Å². The number of hydrogen-bond acceptors (Lipinski definition) is 1. The smallest absolute Gasteiger partial charge is 0.0175 e. The summed E-state index contributed by atoms with van der Waals surface area (Å²) in [5.41, 5.74) is 2.00. The summed E-state index contributed by atoms with van der Waals surface area (Å²) in [6.07, 6.45) is 6.63. The Morgan fingerprint density at radius 1 is 1.21 bits per heavy atom. The van der Waals surface area contributed by atoms with Gasteiger partial charge in [-0.2, -0.15) is 0 Å². The van der Waals surface area contributed by atoms with Crippen LogP contribution >= 0.6 is 15.9 Å². The highest BCUT2D eigenvalue weighted by Crippen LogP contribution is 2.39. The van der Waals surface area contributed by atoms with Gasteiger partial charge in [0.1, 0.15) is 0 Å². The topological polar surface area (TPSA) is 12.0 Å². The average Bonchev–Trinajstić information content (AvgIpc) is 2.39. The molecule has 19 heavy (non-hydrogen) atoms. The molecule has 0 aliphatic heterocycles. The fraction of sp³-hybridized carbons (Fsp3) is 0.647. The molecule has 0 amide bonds. The Morgan fingerprint density at radius 2 is 1.79 bits per heavy atom. The maximum atomic E-state index is 3.55. The summed E-state index contributed by atoms with van der Waals surface area (Å²) in [5, 5.41) is 3.55. The molecule has 1 fully saturated rings. The van der Waals surface area contributed by atoms with Crippen molar-refractivity contribution in [1.29, 1.82) is 0 Å². The molecule has 106 valence electrons. The van der Waals surface area contributed by atoms with Crippen molar-refractivity contribution < 1.29 is 0 Å². The molecule has 1 nitrogen and oxygen atoms in total. The Morgan fingerprint density at radius 3 is 2.32 bits per heavy atom. The van der Waals surface area contributed by atoms with Crippen LogP contribution in [0.1, 0.15) is 45.1 Å². The van der Waals surface area contributed by atoms with Gasteiger partial charge in [0.2, 0.25) is 0 Å². The van der Waals surface area contributed by atoms with Crippen molar-refractivity contribution in [2.75, 3.05) is 7.05 Å². The van der Waals surface area contributed by atoms with Crippen molar-refractivity contribution >= 4 is 15.9 Å². The third kappa shape index (κ3) is 4.32. The number of likely N-dealkylation sites (N-methyl/N-ethyl adjacent to an activating group) is 1. The molecule has 1 N–H and O–H groups in total. The third-order valence-electron chi connectivity index (χ3n) is 4.69. The Labute approximate surface area is 126 Å². The molecule has 1 saturated carbocycles. The highest BCUT2D eigenvalue weighted by Gasteiger charge is 2.30. The molecule has 0 spiro atoms. The highest BCUT2D eigenvalue weighted by molar-refractivity contribution is 9.10. The van der Waals surface area contributed by atoms with Gasteiger partial charge < -0.3 is 5.32 Å². The van der Waals surface area contributed by atoms with E-state index in [1.807, 2.05) is 0 Å². The summed E-state index contributed by atoms with van der Waals surface area (Å²) in [6.45, 7) is 4.82. The van der Waals surface area contributed by atoms with E-state index in [9.17, 15) is 0 Å². The van der Waals surface area contributed by atoms with Gasteiger partial charge in [-0.3, -0.25) is 0 Å². The fourth-order valence-corrected chi connectivity index (χ4v) is 3.47. The van der Waals surface area contributed by atoms with E-state index in [-0.39, 0.29) is 0 Å². The van der Waals surface area contributed by atoms with Crippen LogP contribution < -0.4 is 5.32 Å². The lowest BCUT2D eigenvalue weighted by Crippen LogP contribution is -2.38. The van der Waals surface area contributed by atoms with Crippen molar-refractivity contribution in [2.24, 2.45) is 11.3 Å². The van der Waals surface area contributed by atoms with Gasteiger partial charge >= 0.3 is 0 Å². The minimum absolute atomic E-state index is 0.562. The summed E-state index contributed by atoms with van der Waals surface area (Å²) >= 11 is 3.50. The van der Waals surface area contributed by atoms with E-state index >= 15 is 0 Å². The molecule has 1 atom stereocenters. The van der Waals surface area contributed by atoms with E-state index in [1.54, 1.807) is 0 Å². The molecule has 1 aromatic rings. The molecule has 0 aromatic heterocycles. The van der Waals surface area contributed by atoms with Crippen LogP contribution in [0.2, 0.25) is 0 Å². The van der Waals surface area contributed by atoms with Crippen LogP contribution in [0, 0.1) is 11.3 Å². The molecule has 1 aliphatic carbocycles. The molecular formula is C17H26BrN. The van der Waals surface area contributed by atoms with Crippen LogP contribution in [0.15, 0.2) is 28.7 Å². The monoisotopic (exact) mass is 323 g/mol. The third-order valence-corrected chi connectivity index (χ3v) is 5.22. The first-order valence-corrected chi connectivity index (χ1v) is 8.21. The van der Waals surface area contributed by atoms with E-state index in [4.69, 9.17) is 0 Å². The first-order valence-electron chi connectivity index (χ1n) is 7.42. The second-order valence-corrected chi connectivity index (χ2v) is 7.64. The van der Waals surface area contributed by atoms with Crippen LogP contribution in [-0.4, -0.2) is 13.1 Å². The molecule has 1 unspecified atom stereocenters. The van der Waals surface area contributed by atoms with Crippen LogP contribution in [0.25, 0.3) is 0 Å². The average molecular weight is 324 g/mol. The van der Waals surface area contributed by atoms with E-state index in [0.717, 1.165) is 16.8 Å². The number of benzene rings is 1. The predicted octanol–water partition coefficient (Wildman–Crippen LogP) is 4.80. The van der Waals surface area contributed by atoms with Crippen molar-refractivity contribution in [3.8, 4) is 0 Å². The Bertz CT molecular complexity index is 386. The largest absolute Gasteiger partial charge is 0.316 e. The number of hydrogen-bond donors (Lipinski definition) is 1. The van der Waals surface area contributed by atoms with Gasteiger partial charge in [0.25, 0.3) is 0 Å². The zero-order valence-corrected chi connectivity index (χ0v) is 14.0. The first-order chi connectivity index (χ1) is 9.00. The second-order valence-electron chi connectivity index (χ2n) is 6.73. The first kappa shape index (κ1) is 15.1. The quantitative estimate of drug-likeness (QED) is 0.839. The summed E-state index contributed by atoms with van der Waals surface area (Å²) in [4.78, 5) is 0. The standard InChI is InChI=1S/C17H26BrN/c1-17(2)10-8-14(9-11-17)16(19-3)12-13-4-6-15(18)7-5-13/h4-7,14,16,19H,8-12H2,1-3H3. The maximum Gasteiger partial charge on any atom is 0.0175 e. The zero-order valence-electron chi connectivity index (χ0n) is 12.4. The summed E-state index contributed by atoms with van der Waals surface area (Å²) in [5.74, 6) is 0.835. The lowest BCUT2D eigenvalue weighted by atomic mass is 9.70. The molecule has 1 aromatic carbocycles. The summed E-state index contributed by atoms with van der Waals surface area (Å²) in [6, 6.07) is 9.39. The molecule has 0 heterocycles. The molecule has 2 rings (SSSR count). The van der Waals surface area contributed by atoms with Crippen molar-refractivity contribution in [1.82, 2.24) is 5.32 Å². The van der Waals surface area contributed by atoms with Crippen LogP contribution in [0.3, 0.4) is 0 Å². The van der Waals surface area contributed by atoms with E-state index < -0.39 is 0 Å². The Hall–Kier alpha value is -0.340. The minimum atomic E-state index is 0.562. The highest BCUT2D eigenvalue weighted by atomic mass is 79.9. The van der Waals surface area contributed by atoms with Crippen LogP contribution in [0.5, 0.6) is 0 Å². The van der Waals surface area contributed by atoms with Gasteiger partial charge in [0.05, 0.1) is 0 Å². The SMILES string of the molecule is CNC(Cc1ccc(Br)cc1)C1CCC(C)(C)CC1. The molecule has 2 heteroatoms. The van der Waals surface area contributed by atoms with Gasteiger partial charge in [-0.15, -0.1) is 0 Å². The Kier molecular flexibility index (Phi) is 5.08. The minimum Gasteiger partial charge on any atom is -0.316 e. The van der Waals surface area contributed by atoms with E-state index in [2.05, 4.69) is 66.4 Å². The van der Waals surface area contributed by atoms with Crippen LogP contribution in [0.4, 0.5) is 0 Å². The van der Waals surface area contributed by atoms with Gasteiger partial charge in [0.15, 0.2) is 0 Å². The zero-order chi connectivity index (χ0) is 13.9. The number of halogens is 1. The molecule has 0 saturated heterocycles. The summed E-state index contributed by atoms with van der Waals surface area (Å²) in [7, 11) is 2.11. The molecule has 1 aliphatic rings. The van der Waals surface area contributed by atoms with Crippen LogP contribution in [-0.2, 0) is 6.42 Å². The van der Waals surface area contributed by atoms with Crippen molar-refractivity contribution in [2.45, 2.75) is 52.0 Å². The second kappa shape index (κ2) is 6.41. The van der Waals surface area contributed by atoms with Gasteiger partial charge in [-0.1, -0.05) is 41.9 Å². The summed E-state index contributed by atoms with van der Waals surface area (Å²) < 4.78 is 1.16. The van der Waals surface area contributed by atoms with Crippen molar-refractivity contribution in [3.63, 3.8) is 0 Å². The van der Waals surface area contributed by atoms with Gasteiger partial charge in [-0.05, 0) is 68.2 Å². The fourth-order valence-electron chi connectivity index (χ4n) is 3.20. The number of nitrogens with one attached hydrogen (secondary N) is 1. The number of rotatable bonds is 4. The van der Waals surface area contributed by atoms with Gasteiger partial charge in [0, 0.05) is 10.5 Å². The lowest BCUT2D eigenvalue weighted by molar-refractivity contribution is 0.163. The normalized spacial score (nSPS) is 21.3. The molecule has 0 bridgehead atoms. The predicted molar refractivity (Wildman–Crippen MR) is 86.4 cm³/mol. The molecular weight excluding hydrogens is 298 g/mol. The maximum absolute atomic E-state index is 3.55. The molecule has 0 radical (unpaired) electrons. The lowest BCUT2D eigenvalue weighted by Gasteiger charge is -2.38. The Balaban J connectivity index is 1.95. The van der Waals surface area contributed by atoms with E-state index in [1.165, 1.54) is 31.2 Å².